The summed E-state index contributed by atoms with van der Waals surface area (Å²) in [5.41, 5.74) is 2.59. The van der Waals surface area contributed by atoms with Gasteiger partial charge in [-0.05, 0) is 49.9 Å². The van der Waals surface area contributed by atoms with Crippen molar-refractivity contribution in [3.63, 3.8) is 0 Å². The van der Waals surface area contributed by atoms with E-state index in [1.54, 1.807) is 12.1 Å². The van der Waals surface area contributed by atoms with Gasteiger partial charge in [0.25, 0.3) is 0 Å². The summed E-state index contributed by atoms with van der Waals surface area (Å²) in [6.45, 7) is 3.03. The predicted octanol–water partition coefficient (Wildman–Crippen LogP) is 3.14. The molecule has 2 aromatic rings. The molecule has 4 rings (SSSR count). The first-order valence-corrected chi connectivity index (χ1v) is 10.3. The zero-order valence-corrected chi connectivity index (χ0v) is 16.8. The molecular formula is C22H27FN4O2. The molecule has 1 amide bonds. The van der Waals surface area contributed by atoms with E-state index in [1.807, 2.05) is 18.1 Å². The minimum atomic E-state index is -0.266. The molecule has 2 aliphatic heterocycles. The lowest BCUT2D eigenvalue weighted by Gasteiger charge is -2.37. The molecule has 2 saturated heterocycles. The maximum Gasteiger partial charge on any atom is 0.225 e. The number of nitrogens with zero attached hydrogens (tertiary/aromatic N) is 4. The number of ether oxygens (including phenoxy) is 1. The van der Waals surface area contributed by atoms with Crippen molar-refractivity contribution in [3.8, 4) is 11.3 Å². The summed E-state index contributed by atoms with van der Waals surface area (Å²) in [7, 11) is 1.93. The lowest BCUT2D eigenvalue weighted by molar-refractivity contribution is -0.138. The molecule has 0 aliphatic carbocycles. The number of benzene rings is 1. The molecule has 0 spiro atoms. The Morgan fingerprint density at radius 2 is 1.83 bits per heavy atom. The van der Waals surface area contributed by atoms with Crippen LogP contribution in [0.15, 0.2) is 36.8 Å². The van der Waals surface area contributed by atoms with Gasteiger partial charge < -0.3 is 14.5 Å². The number of piperidine rings is 1. The van der Waals surface area contributed by atoms with Crippen molar-refractivity contribution in [2.24, 2.45) is 5.92 Å². The average Bonchev–Trinajstić information content (AvgIpc) is 2.79. The average molecular weight is 398 g/mol. The van der Waals surface area contributed by atoms with Crippen LogP contribution in [0, 0.1) is 11.7 Å². The van der Waals surface area contributed by atoms with Crippen molar-refractivity contribution in [3.05, 3.63) is 42.6 Å². The Labute approximate surface area is 170 Å². The molecule has 0 unspecified atom stereocenters. The fraction of sp³-hybridized carbons (Fsp3) is 0.500. The standard InChI is InChI=1S/C22H27FN4O2/c1-26(19-8-12-29-13-9-19)22(28)17-6-10-27(11-7-17)20-14-24-15-25-21(20)16-2-4-18(23)5-3-16/h2-5,14-15,17,19H,6-13H2,1H3. The van der Waals surface area contributed by atoms with Crippen molar-refractivity contribution in [2.45, 2.75) is 31.7 Å². The van der Waals surface area contributed by atoms with E-state index in [0.29, 0.717) is 6.04 Å². The highest BCUT2D eigenvalue weighted by Gasteiger charge is 2.31. The van der Waals surface area contributed by atoms with Gasteiger partial charge in [0.2, 0.25) is 5.91 Å². The van der Waals surface area contributed by atoms with Crippen LogP contribution in [0.25, 0.3) is 11.3 Å². The van der Waals surface area contributed by atoms with Gasteiger partial charge in [0, 0.05) is 50.9 Å². The van der Waals surface area contributed by atoms with Gasteiger partial charge in [0.1, 0.15) is 12.1 Å². The summed E-state index contributed by atoms with van der Waals surface area (Å²) in [6, 6.07) is 6.65. The van der Waals surface area contributed by atoms with E-state index < -0.39 is 0 Å². The summed E-state index contributed by atoms with van der Waals surface area (Å²) in [5.74, 6) is 0.0370. The smallest absolute Gasteiger partial charge is 0.225 e. The van der Waals surface area contributed by atoms with Gasteiger partial charge in [-0.1, -0.05) is 0 Å². The molecule has 29 heavy (non-hydrogen) atoms. The second-order valence-electron chi connectivity index (χ2n) is 7.82. The normalized spacial score (nSPS) is 18.6. The highest BCUT2D eigenvalue weighted by Crippen LogP contribution is 2.32. The summed E-state index contributed by atoms with van der Waals surface area (Å²) in [4.78, 5) is 25.8. The predicted molar refractivity (Wildman–Crippen MR) is 109 cm³/mol. The number of hydrogen-bond acceptors (Lipinski definition) is 5. The van der Waals surface area contributed by atoms with Crippen LogP contribution in [0.1, 0.15) is 25.7 Å². The molecule has 2 aliphatic rings. The minimum Gasteiger partial charge on any atom is -0.381 e. The van der Waals surface area contributed by atoms with Gasteiger partial charge >= 0.3 is 0 Å². The van der Waals surface area contributed by atoms with E-state index in [-0.39, 0.29) is 17.6 Å². The molecule has 0 radical (unpaired) electrons. The lowest BCUT2D eigenvalue weighted by Crippen LogP contribution is -2.46. The molecule has 0 N–H and O–H groups in total. The molecular weight excluding hydrogens is 371 g/mol. The maximum absolute atomic E-state index is 13.3. The molecule has 154 valence electrons. The number of carbonyl (C=O) groups excluding carboxylic acids is 1. The third kappa shape index (κ3) is 4.40. The highest BCUT2D eigenvalue weighted by molar-refractivity contribution is 5.80. The van der Waals surface area contributed by atoms with E-state index in [4.69, 9.17) is 4.74 Å². The fourth-order valence-electron chi connectivity index (χ4n) is 4.29. The van der Waals surface area contributed by atoms with Crippen molar-refractivity contribution < 1.29 is 13.9 Å². The SMILES string of the molecule is CN(C(=O)C1CCN(c2cncnc2-c2ccc(F)cc2)CC1)C1CCOCC1. The van der Waals surface area contributed by atoms with Crippen molar-refractivity contribution in [1.29, 1.82) is 0 Å². The first kappa shape index (κ1) is 19.8. The zero-order valence-electron chi connectivity index (χ0n) is 16.8. The third-order valence-electron chi connectivity index (χ3n) is 6.08. The monoisotopic (exact) mass is 398 g/mol. The van der Waals surface area contributed by atoms with E-state index in [9.17, 15) is 9.18 Å². The first-order chi connectivity index (χ1) is 14.1. The highest BCUT2D eigenvalue weighted by atomic mass is 19.1. The summed E-state index contributed by atoms with van der Waals surface area (Å²) < 4.78 is 18.7. The van der Waals surface area contributed by atoms with Gasteiger partial charge in [-0.3, -0.25) is 4.79 Å². The summed E-state index contributed by atoms with van der Waals surface area (Å²) >= 11 is 0. The second-order valence-corrected chi connectivity index (χ2v) is 7.82. The summed E-state index contributed by atoms with van der Waals surface area (Å²) in [5, 5.41) is 0. The van der Waals surface area contributed by atoms with Gasteiger partial charge in [-0.2, -0.15) is 0 Å². The number of amides is 1. The van der Waals surface area contributed by atoms with Crippen LogP contribution in [0.3, 0.4) is 0 Å². The van der Waals surface area contributed by atoms with Crippen LogP contribution < -0.4 is 4.90 Å². The molecule has 0 bridgehead atoms. The Morgan fingerprint density at radius 3 is 2.52 bits per heavy atom. The van der Waals surface area contributed by atoms with E-state index >= 15 is 0 Å². The summed E-state index contributed by atoms with van der Waals surface area (Å²) in [6.07, 6.45) is 6.78. The number of rotatable bonds is 4. The lowest BCUT2D eigenvalue weighted by atomic mass is 9.93. The van der Waals surface area contributed by atoms with Crippen LogP contribution in [0.4, 0.5) is 10.1 Å². The molecule has 0 saturated carbocycles. The molecule has 7 heteroatoms. The second kappa shape index (κ2) is 8.86. The number of aromatic nitrogens is 2. The minimum absolute atomic E-state index is 0.0537. The first-order valence-electron chi connectivity index (χ1n) is 10.3. The Kier molecular flexibility index (Phi) is 6.04. The fourth-order valence-corrected chi connectivity index (χ4v) is 4.29. The maximum atomic E-state index is 13.3. The van der Waals surface area contributed by atoms with Crippen LogP contribution >= 0.6 is 0 Å². The molecule has 2 fully saturated rings. The van der Waals surface area contributed by atoms with Crippen LogP contribution in [0.2, 0.25) is 0 Å². The van der Waals surface area contributed by atoms with Gasteiger partial charge in [-0.15, -0.1) is 0 Å². The largest absolute Gasteiger partial charge is 0.381 e. The van der Waals surface area contributed by atoms with Crippen molar-refractivity contribution in [1.82, 2.24) is 14.9 Å². The van der Waals surface area contributed by atoms with E-state index in [0.717, 1.165) is 68.9 Å². The Bertz CT molecular complexity index is 831. The molecule has 0 atom stereocenters. The van der Waals surface area contributed by atoms with Crippen LogP contribution in [-0.2, 0) is 9.53 Å². The van der Waals surface area contributed by atoms with Crippen molar-refractivity contribution in [2.75, 3.05) is 38.3 Å². The third-order valence-corrected chi connectivity index (χ3v) is 6.08. The van der Waals surface area contributed by atoms with Gasteiger partial charge in [-0.25, -0.2) is 14.4 Å². The molecule has 1 aromatic heterocycles. The van der Waals surface area contributed by atoms with E-state index in [2.05, 4.69) is 14.9 Å². The number of anilines is 1. The Morgan fingerprint density at radius 1 is 1.14 bits per heavy atom. The molecule has 3 heterocycles. The van der Waals surface area contributed by atoms with Crippen LogP contribution in [-0.4, -0.2) is 60.2 Å². The van der Waals surface area contributed by atoms with Gasteiger partial charge in [0.15, 0.2) is 0 Å². The van der Waals surface area contributed by atoms with E-state index in [1.165, 1.54) is 18.5 Å². The topological polar surface area (TPSA) is 58.6 Å². The van der Waals surface area contributed by atoms with Crippen LogP contribution in [0.5, 0.6) is 0 Å². The molecule has 1 aromatic carbocycles. The Balaban J connectivity index is 1.42. The Hall–Kier alpha value is -2.54. The molecule has 6 nitrogen and oxygen atoms in total. The van der Waals surface area contributed by atoms with Gasteiger partial charge in [0.05, 0.1) is 17.6 Å². The number of hydrogen-bond donors (Lipinski definition) is 0. The van der Waals surface area contributed by atoms with Crippen molar-refractivity contribution >= 4 is 11.6 Å². The number of halogens is 1. The quantitative estimate of drug-likeness (QED) is 0.792. The number of carbonyl (C=O) groups is 1. The zero-order chi connectivity index (χ0) is 20.2.